The van der Waals surface area contributed by atoms with Crippen LogP contribution in [-0.4, -0.2) is 52.3 Å². The quantitative estimate of drug-likeness (QED) is 0.735. The van der Waals surface area contributed by atoms with Gasteiger partial charge in [0.1, 0.15) is 0 Å². The molecule has 120 valence electrons. The number of fused-ring (bicyclic) bond motifs is 1. The predicted molar refractivity (Wildman–Crippen MR) is 77.9 cm³/mol. The minimum atomic E-state index is -0.975. The average molecular weight is 298 g/mol. The number of hydrogen-bond donors (Lipinski definition) is 3. The van der Waals surface area contributed by atoms with Gasteiger partial charge in [-0.1, -0.05) is 12.8 Å². The first-order valence-electron chi connectivity index (χ1n) is 7.73. The summed E-state index contributed by atoms with van der Waals surface area (Å²) in [4.78, 5) is 24.9. The third-order valence-corrected chi connectivity index (χ3v) is 4.98. The zero-order valence-electron chi connectivity index (χ0n) is 12.9. The zero-order valence-corrected chi connectivity index (χ0v) is 12.9. The van der Waals surface area contributed by atoms with Gasteiger partial charge < -0.3 is 20.4 Å². The molecule has 2 fully saturated rings. The van der Waals surface area contributed by atoms with Gasteiger partial charge in [-0.25, -0.2) is 4.79 Å². The first-order valence-corrected chi connectivity index (χ1v) is 7.73. The summed E-state index contributed by atoms with van der Waals surface area (Å²) in [6.45, 7) is 4.38. The fourth-order valence-electron chi connectivity index (χ4n) is 3.24. The fourth-order valence-corrected chi connectivity index (χ4v) is 3.24. The van der Waals surface area contributed by atoms with Crippen molar-refractivity contribution in [2.24, 2.45) is 11.3 Å². The molecule has 1 heterocycles. The maximum atomic E-state index is 12.2. The number of nitrogens with one attached hydrogen (secondary N) is 1. The van der Waals surface area contributed by atoms with Crippen LogP contribution in [0.15, 0.2) is 0 Å². The van der Waals surface area contributed by atoms with Crippen molar-refractivity contribution in [2.75, 3.05) is 19.6 Å². The molecule has 3 N–H and O–H groups in total. The second-order valence-corrected chi connectivity index (χ2v) is 7.09. The Labute approximate surface area is 125 Å². The lowest BCUT2D eigenvalue weighted by Gasteiger charge is -2.47. The number of carbonyl (C=O) groups excluding carboxylic acids is 1. The Morgan fingerprint density at radius 1 is 1.33 bits per heavy atom. The van der Waals surface area contributed by atoms with Crippen molar-refractivity contribution in [3.8, 4) is 0 Å². The fraction of sp³-hybridized carbons (Fsp3) is 0.867. The molecule has 0 spiro atoms. The molecule has 1 saturated carbocycles. The zero-order chi connectivity index (χ0) is 15.7. The number of piperidine rings is 1. The van der Waals surface area contributed by atoms with E-state index in [-0.39, 0.29) is 18.5 Å². The molecule has 0 aromatic rings. The Balaban J connectivity index is 1.88. The van der Waals surface area contributed by atoms with Crippen molar-refractivity contribution in [2.45, 2.75) is 51.6 Å². The van der Waals surface area contributed by atoms with Crippen LogP contribution in [0.25, 0.3) is 0 Å². The number of nitrogens with zero attached hydrogens (tertiary/aromatic N) is 1. The Kier molecular flexibility index (Phi) is 4.46. The van der Waals surface area contributed by atoms with E-state index in [2.05, 4.69) is 5.32 Å². The Hall–Kier alpha value is -1.30. The van der Waals surface area contributed by atoms with E-state index in [1.165, 1.54) is 0 Å². The third-order valence-electron chi connectivity index (χ3n) is 4.98. The Bertz CT molecular complexity index is 424. The highest BCUT2D eigenvalue weighted by Gasteiger charge is 2.43. The van der Waals surface area contributed by atoms with Gasteiger partial charge in [0.05, 0.1) is 11.0 Å². The SMILES string of the molecule is CC(C)(CNC(=O)N1CCC2(O)CCCCC2C1)C(=O)O. The van der Waals surface area contributed by atoms with Crippen LogP contribution in [-0.2, 0) is 4.79 Å². The summed E-state index contributed by atoms with van der Waals surface area (Å²) in [7, 11) is 0. The van der Waals surface area contributed by atoms with Gasteiger partial charge in [0.2, 0.25) is 0 Å². The Morgan fingerprint density at radius 2 is 2.05 bits per heavy atom. The number of urea groups is 1. The van der Waals surface area contributed by atoms with Gasteiger partial charge in [0.15, 0.2) is 0 Å². The van der Waals surface area contributed by atoms with E-state index in [1.54, 1.807) is 18.7 Å². The van der Waals surface area contributed by atoms with E-state index in [4.69, 9.17) is 5.11 Å². The molecule has 1 aliphatic carbocycles. The third kappa shape index (κ3) is 3.48. The molecule has 0 radical (unpaired) electrons. The molecule has 6 heteroatoms. The van der Waals surface area contributed by atoms with Gasteiger partial charge in [0.25, 0.3) is 0 Å². The van der Waals surface area contributed by atoms with Crippen molar-refractivity contribution in [1.29, 1.82) is 0 Å². The molecule has 21 heavy (non-hydrogen) atoms. The summed E-state index contributed by atoms with van der Waals surface area (Å²) in [6, 6.07) is -0.225. The lowest BCUT2D eigenvalue weighted by atomic mass is 9.71. The molecular formula is C15H26N2O4. The summed E-state index contributed by atoms with van der Waals surface area (Å²) >= 11 is 0. The van der Waals surface area contributed by atoms with Crippen molar-refractivity contribution in [3.05, 3.63) is 0 Å². The standard InChI is InChI=1S/C15H26N2O4/c1-14(2,12(18)19)10-16-13(20)17-8-7-15(21)6-4-3-5-11(15)9-17/h11,21H,3-10H2,1-2H3,(H,16,20)(H,18,19). The molecule has 1 aliphatic heterocycles. The number of aliphatic hydroxyl groups is 1. The number of carboxylic acid groups (broad SMARTS) is 1. The highest BCUT2D eigenvalue weighted by atomic mass is 16.4. The molecular weight excluding hydrogens is 272 g/mol. The summed E-state index contributed by atoms with van der Waals surface area (Å²) < 4.78 is 0. The molecule has 2 aliphatic rings. The van der Waals surface area contributed by atoms with Gasteiger partial charge >= 0.3 is 12.0 Å². The summed E-state index contributed by atoms with van der Waals surface area (Å²) in [5.74, 6) is -0.777. The molecule has 1 saturated heterocycles. The molecule has 2 unspecified atom stereocenters. The van der Waals surface area contributed by atoms with Crippen molar-refractivity contribution >= 4 is 12.0 Å². The first kappa shape index (κ1) is 16.1. The molecule has 0 bridgehead atoms. The number of hydrogen-bond acceptors (Lipinski definition) is 3. The van der Waals surface area contributed by atoms with E-state index in [1.807, 2.05) is 0 Å². The number of rotatable bonds is 3. The monoisotopic (exact) mass is 298 g/mol. The second-order valence-electron chi connectivity index (χ2n) is 7.09. The van der Waals surface area contributed by atoms with Gasteiger partial charge in [-0.2, -0.15) is 0 Å². The normalized spacial score (nSPS) is 29.7. The smallest absolute Gasteiger partial charge is 0.317 e. The van der Waals surface area contributed by atoms with E-state index in [0.717, 1.165) is 25.7 Å². The molecule has 0 aromatic heterocycles. The molecule has 2 amide bonds. The summed E-state index contributed by atoms with van der Waals surface area (Å²) in [5.41, 5.74) is -1.58. The van der Waals surface area contributed by atoms with Crippen LogP contribution in [0.3, 0.4) is 0 Å². The van der Waals surface area contributed by atoms with Gasteiger partial charge in [-0.05, 0) is 33.1 Å². The van der Waals surface area contributed by atoms with E-state index in [9.17, 15) is 14.7 Å². The van der Waals surface area contributed by atoms with Gasteiger partial charge in [0, 0.05) is 25.6 Å². The number of carboxylic acids is 1. The van der Waals surface area contributed by atoms with Crippen LogP contribution in [0.2, 0.25) is 0 Å². The molecule has 2 atom stereocenters. The maximum Gasteiger partial charge on any atom is 0.317 e. The van der Waals surface area contributed by atoms with Crippen LogP contribution < -0.4 is 5.32 Å². The average Bonchev–Trinajstić information content (AvgIpc) is 2.43. The first-order chi connectivity index (χ1) is 9.74. The topological polar surface area (TPSA) is 89.9 Å². The minimum absolute atomic E-state index is 0.104. The van der Waals surface area contributed by atoms with Gasteiger partial charge in [-0.3, -0.25) is 4.79 Å². The second kappa shape index (κ2) is 5.83. The van der Waals surface area contributed by atoms with Crippen LogP contribution >= 0.6 is 0 Å². The highest BCUT2D eigenvalue weighted by Crippen LogP contribution is 2.39. The Morgan fingerprint density at radius 3 is 2.71 bits per heavy atom. The number of carbonyl (C=O) groups is 2. The molecule has 0 aromatic carbocycles. The predicted octanol–water partition coefficient (Wildman–Crippen LogP) is 1.43. The van der Waals surface area contributed by atoms with Gasteiger partial charge in [-0.15, -0.1) is 0 Å². The lowest BCUT2D eigenvalue weighted by molar-refractivity contribution is -0.146. The number of likely N-dealkylation sites (tertiary alicyclic amines) is 1. The molecule has 6 nitrogen and oxygen atoms in total. The molecule has 2 rings (SSSR count). The van der Waals surface area contributed by atoms with Crippen LogP contribution in [0.5, 0.6) is 0 Å². The van der Waals surface area contributed by atoms with E-state index >= 15 is 0 Å². The highest BCUT2D eigenvalue weighted by molar-refractivity contribution is 5.77. The number of amides is 2. The number of aliphatic carboxylic acids is 1. The van der Waals surface area contributed by atoms with Crippen LogP contribution in [0.1, 0.15) is 46.0 Å². The van der Waals surface area contributed by atoms with E-state index < -0.39 is 17.0 Å². The van der Waals surface area contributed by atoms with E-state index in [0.29, 0.717) is 19.5 Å². The van der Waals surface area contributed by atoms with Crippen LogP contribution in [0.4, 0.5) is 4.79 Å². The lowest BCUT2D eigenvalue weighted by Crippen LogP contribution is -2.57. The summed E-state index contributed by atoms with van der Waals surface area (Å²) in [5, 5.41) is 22.3. The maximum absolute atomic E-state index is 12.2. The van der Waals surface area contributed by atoms with Crippen molar-refractivity contribution in [1.82, 2.24) is 10.2 Å². The van der Waals surface area contributed by atoms with Crippen molar-refractivity contribution in [3.63, 3.8) is 0 Å². The largest absolute Gasteiger partial charge is 0.481 e. The van der Waals surface area contributed by atoms with Crippen molar-refractivity contribution < 1.29 is 19.8 Å². The van der Waals surface area contributed by atoms with Crippen LogP contribution in [0, 0.1) is 11.3 Å². The summed E-state index contributed by atoms with van der Waals surface area (Å²) in [6.07, 6.45) is 4.58. The minimum Gasteiger partial charge on any atom is -0.481 e.